The van der Waals surface area contributed by atoms with Crippen LogP contribution in [-0.2, 0) is 17.6 Å². The molecule has 2 aromatic rings. The Morgan fingerprint density at radius 1 is 1.32 bits per heavy atom. The Hall–Kier alpha value is -1.85. The van der Waals surface area contributed by atoms with E-state index < -0.39 is 0 Å². The molecule has 1 N–H and O–H groups in total. The monoisotopic (exact) mass is 377 g/mol. The molecule has 0 fully saturated rings. The van der Waals surface area contributed by atoms with Crippen LogP contribution in [-0.4, -0.2) is 18.5 Å². The van der Waals surface area contributed by atoms with Gasteiger partial charge in [0.25, 0.3) is 5.91 Å². The molecule has 0 spiro atoms. The molecule has 3 rings (SSSR count). The summed E-state index contributed by atoms with van der Waals surface area (Å²) in [4.78, 5) is 26.2. The van der Waals surface area contributed by atoms with Gasteiger partial charge >= 0.3 is 5.97 Å². The number of carbonyl (C=O) groups is 2. The average Bonchev–Trinajstić information content (AvgIpc) is 2.92. The number of ether oxygens (including phenoxy) is 1. The van der Waals surface area contributed by atoms with E-state index in [2.05, 4.69) is 12.2 Å². The maximum Gasteiger partial charge on any atom is 0.341 e. The van der Waals surface area contributed by atoms with Gasteiger partial charge in [0.15, 0.2) is 0 Å². The fraction of sp³-hybridized carbons (Fsp3) is 0.368. The van der Waals surface area contributed by atoms with E-state index in [0.29, 0.717) is 33.7 Å². The number of hydrogen-bond acceptors (Lipinski definition) is 4. The van der Waals surface area contributed by atoms with Crippen molar-refractivity contribution in [2.45, 2.75) is 33.1 Å². The molecule has 0 saturated carbocycles. The Kier molecular flexibility index (Phi) is 5.45. The average molecular weight is 378 g/mol. The van der Waals surface area contributed by atoms with Crippen LogP contribution in [0.15, 0.2) is 24.3 Å². The summed E-state index contributed by atoms with van der Waals surface area (Å²) >= 11 is 7.36. The largest absolute Gasteiger partial charge is 0.462 e. The summed E-state index contributed by atoms with van der Waals surface area (Å²) in [7, 11) is 0. The molecule has 1 aliphatic carbocycles. The third kappa shape index (κ3) is 3.88. The number of thiophene rings is 1. The van der Waals surface area contributed by atoms with Gasteiger partial charge in [-0.1, -0.05) is 18.5 Å². The van der Waals surface area contributed by atoms with Crippen LogP contribution >= 0.6 is 22.9 Å². The summed E-state index contributed by atoms with van der Waals surface area (Å²) in [6.07, 6.45) is 2.82. The van der Waals surface area contributed by atoms with Gasteiger partial charge in [0.2, 0.25) is 0 Å². The van der Waals surface area contributed by atoms with Crippen LogP contribution < -0.4 is 5.32 Å². The third-order valence-electron chi connectivity index (χ3n) is 4.32. The minimum atomic E-state index is -0.360. The summed E-state index contributed by atoms with van der Waals surface area (Å²) in [5.41, 5.74) is 2.06. The van der Waals surface area contributed by atoms with E-state index in [-0.39, 0.29) is 11.9 Å². The molecular weight excluding hydrogens is 358 g/mol. The summed E-state index contributed by atoms with van der Waals surface area (Å²) in [5.74, 6) is -0.0316. The predicted octanol–water partition coefficient (Wildman–Crippen LogP) is 4.96. The van der Waals surface area contributed by atoms with Crippen LogP contribution in [0.1, 0.15) is 51.4 Å². The highest BCUT2D eigenvalue weighted by molar-refractivity contribution is 7.17. The number of anilines is 1. The minimum absolute atomic E-state index is 0.256. The zero-order chi connectivity index (χ0) is 18.0. The lowest BCUT2D eigenvalue weighted by atomic mass is 9.88. The number of fused-ring (bicyclic) bond motifs is 1. The topological polar surface area (TPSA) is 55.4 Å². The van der Waals surface area contributed by atoms with Crippen LogP contribution in [0, 0.1) is 5.92 Å². The van der Waals surface area contributed by atoms with Gasteiger partial charge in [-0.25, -0.2) is 4.79 Å². The van der Waals surface area contributed by atoms with Crippen molar-refractivity contribution in [2.75, 3.05) is 11.9 Å². The molecule has 0 bridgehead atoms. The van der Waals surface area contributed by atoms with Gasteiger partial charge in [-0.2, -0.15) is 0 Å². The zero-order valence-corrected chi connectivity index (χ0v) is 15.8. The summed E-state index contributed by atoms with van der Waals surface area (Å²) in [6.45, 7) is 4.30. The molecule has 132 valence electrons. The Labute approximate surface area is 156 Å². The molecule has 1 unspecified atom stereocenters. The molecule has 0 radical (unpaired) electrons. The Bertz CT molecular complexity index is 798. The van der Waals surface area contributed by atoms with Crippen LogP contribution in [0.5, 0.6) is 0 Å². The molecule has 0 saturated heterocycles. The highest BCUT2D eigenvalue weighted by Gasteiger charge is 2.29. The van der Waals surface area contributed by atoms with Crippen molar-refractivity contribution in [3.63, 3.8) is 0 Å². The van der Waals surface area contributed by atoms with Crippen LogP contribution in [0.2, 0.25) is 5.02 Å². The van der Waals surface area contributed by atoms with Crippen molar-refractivity contribution in [1.29, 1.82) is 0 Å². The molecule has 1 aliphatic rings. The lowest BCUT2D eigenvalue weighted by molar-refractivity contribution is 0.0526. The van der Waals surface area contributed by atoms with E-state index in [4.69, 9.17) is 16.3 Å². The maximum atomic E-state index is 12.5. The fourth-order valence-electron chi connectivity index (χ4n) is 3.03. The standard InChI is InChI=1S/C19H20ClNO3S/c1-3-24-19(23)16-14-9-4-11(2)10-15(14)25-18(16)21-17(22)12-5-7-13(20)8-6-12/h5-8,11H,3-4,9-10H2,1-2H3,(H,21,22). The van der Waals surface area contributed by atoms with E-state index in [1.165, 1.54) is 16.2 Å². The second kappa shape index (κ2) is 7.58. The van der Waals surface area contributed by atoms with E-state index >= 15 is 0 Å². The summed E-state index contributed by atoms with van der Waals surface area (Å²) in [6, 6.07) is 6.67. The van der Waals surface area contributed by atoms with E-state index in [1.807, 2.05) is 0 Å². The van der Waals surface area contributed by atoms with Gasteiger partial charge in [-0.15, -0.1) is 11.3 Å². The van der Waals surface area contributed by atoms with Gasteiger partial charge in [0.05, 0.1) is 12.2 Å². The minimum Gasteiger partial charge on any atom is -0.462 e. The fourth-order valence-corrected chi connectivity index (χ4v) is 4.55. The number of nitrogens with one attached hydrogen (secondary N) is 1. The molecule has 1 heterocycles. The molecule has 25 heavy (non-hydrogen) atoms. The predicted molar refractivity (Wildman–Crippen MR) is 101 cm³/mol. The molecule has 6 heteroatoms. The molecule has 1 aromatic heterocycles. The van der Waals surface area contributed by atoms with Gasteiger partial charge in [0.1, 0.15) is 5.00 Å². The van der Waals surface area contributed by atoms with E-state index in [9.17, 15) is 9.59 Å². The molecule has 1 aromatic carbocycles. The van der Waals surface area contributed by atoms with E-state index in [0.717, 1.165) is 24.8 Å². The quantitative estimate of drug-likeness (QED) is 0.766. The number of benzene rings is 1. The summed E-state index contributed by atoms with van der Waals surface area (Å²) in [5, 5.41) is 4.05. The highest BCUT2D eigenvalue weighted by atomic mass is 35.5. The molecule has 4 nitrogen and oxygen atoms in total. The first-order valence-corrected chi connectivity index (χ1v) is 9.57. The molecule has 1 atom stereocenters. The Morgan fingerprint density at radius 2 is 2.04 bits per heavy atom. The number of carbonyl (C=O) groups excluding carboxylic acids is 2. The Balaban J connectivity index is 1.93. The second-order valence-corrected chi connectivity index (χ2v) is 7.78. The summed E-state index contributed by atoms with van der Waals surface area (Å²) < 4.78 is 5.22. The first kappa shape index (κ1) is 18.0. The van der Waals surface area contributed by atoms with Crippen molar-refractivity contribution in [3.8, 4) is 0 Å². The number of rotatable bonds is 4. The lowest BCUT2D eigenvalue weighted by Gasteiger charge is -2.18. The molecule has 0 aliphatic heterocycles. The second-order valence-electron chi connectivity index (χ2n) is 6.24. The van der Waals surface area contributed by atoms with Gasteiger partial charge in [0, 0.05) is 15.5 Å². The smallest absolute Gasteiger partial charge is 0.341 e. The third-order valence-corrected chi connectivity index (χ3v) is 5.75. The number of amides is 1. The SMILES string of the molecule is CCOC(=O)c1c(NC(=O)c2ccc(Cl)cc2)sc2c1CCC(C)C2. The van der Waals surface area contributed by atoms with Crippen LogP contribution in [0.3, 0.4) is 0 Å². The number of esters is 1. The molecular formula is C19H20ClNO3S. The number of hydrogen-bond donors (Lipinski definition) is 1. The maximum absolute atomic E-state index is 12.5. The van der Waals surface area contributed by atoms with Crippen LogP contribution in [0.25, 0.3) is 0 Å². The highest BCUT2D eigenvalue weighted by Crippen LogP contribution is 2.40. The first-order chi connectivity index (χ1) is 12.0. The Morgan fingerprint density at radius 3 is 2.72 bits per heavy atom. The van der Waals surface area contributed by atoms with E-state index in [1.54, 1.807) is 31.2 Å². The van der Waals surface area contributed by atoms with Crippen molar-refractivity contribution >= 4 is 39.8 Å². The van der Waals surface area contributed by atoms with Crippen LogP contribution in [0.4, 0.5) is 5.00 Å². The van der Waals surface area contributed by atoms with Crippen molar-refractivity contribution in [3.05, 3.63) is 50.9 Å². The van der Waals surface area contributed by atoms with Gasteiger partial charge in [-0.3, -0.25) is 4.79 Å². The zero-order valence-electron chi connectivity index (χ0n) is 14.2. The van der Waals surface area contributed by atoms with Gasteiger partial charge < -0.3 is 10.1 Å². The normalized spacial score (nSPS) is 16.2. The first-order valence-electron chi connectivity index (χ1n) is 8.38. The van der Waals surface area contributed by atoms with Crippen molar-refractivity contribution < 1.29 is 14.3 Å². The number of halogens is 1. The van der Waals surface area contributed by atoms with Crippen molar-refractivity contribution in [2.24, 2.45) is 5.92 Å². The molecule has 1 amide bonds. The van der Waals surface area contributed by atoms with Crippen molar-refractivity contribution in [1.82, 2.24) is 0 Å². The lowest BCUT2D eigenvalue weighted by Crippen LogP contribution is -2.16. The van der Waals surface area contributed by atoms with Gasteiger partial charge in [-0.05, 0) is 61.9 Å².